The molecule has 0 aliphatic carbocycles. The van der Waals surface area contributed by atoms with Gasteiger partial charge in [0.2, 0.25) is 5.89 Å². The van der Waals surface area contributed by atoms with Crippen molar-refractivity contribution in [2.45, 2.75) is 6.92 Å². The Morgan fingerprint density at radius 1 is 1.05 bits per heavy atom. The Balaban J connectivity index is 1.89. The molecule has 0 atom stereocenters. The molecular formula is C18H13BrN2O. The van der Waals surface area contributed by atoms with Gasteiger partial charge in [0.25, 0.3) is 0 Å². The molecule has 4 rings (SSSR count). The first kappa shape index (κ1) is 13.3. The minimum absolute atomic E-state index is 0.643. The lowest BCUT2D eigenvalue weighted by atomic mass is 10.2. The molecule has 0 fully saturated rings. The van der Waals surface area contributed by atoms with Gasteiger partial charge in [-0.3, -0.25) is 0 Å². The molecule has 0 spiro atoms. The minimum atomic E-state index is 0.643. The number of fused-ring (bicyclic) bond motifs is 1. The van der Waals surface area contributed by atoms with E-state index in [0.717, 1.165) is 32.4 Å². The molecule has 2 heterocycles. The molecule has 4 aromatic rings. The molecule has 4 heteroatoms. The first-order valence-electron chi connectivity index (χ1n) is 7.01. The van der Waals surface area contributed by atoms with E-state index in [2.05, 4.69) is 31.5 Å². The molecule has 0 aliphatic rings. The summed E-state index contributed by atoms with van der Waals surface area (Å²) in [5, 5.41) is 0. The highest BCUT2D eigenvalue weighted by Gasteiger charge is 2.12. The van der Waals surface area contributed by atoms with E-state index < -0.39 is 0 Å². The molecule has 108 valence electrons. The molecule has 0 saturated heterocycles. The van der Waals surface area contributed by atoms with Gasteiger partial charge in [-0.25, -0.2) is 4.98 Å². The van der Waals surface area contributed by atoms with Crippen molar-refractivity contribution in [3.63, 3.8) is 0 Å². The molecule has 0 radical (unpaired) electrons. The molecule has 22 heavy (non-hydrogen) atoms. The van der Waals surface area contributed by atoms with Gasteiger partial charge in [-0.1, -0.05) is 22.0 Å². The van der Waals surface area contributed by atoms with Crippen molar-refractivity contribution in [3.8, 4) is 17.1 Å². The molecule has 0 bridgehead atoms. The first-order chi connectivity index (χ1) is 10.7. The number of oxazole rings is 1. The van der Waals surface area contributed by atoms with Gasteiger partial charge in [0.05, 0.1) is 0 Å². The Morgan fingerprint density at radius 2 is 1.86 bits per heavy atom. The fourth-order valence-corrected chi connectivity index (χ4v) is 2.98. The van der Waals surface area contributed by atoms with E-state index in [1.807, 2.05) is 61.8 Å². The SMILES string of the molecule is Cc1cc(-n2cccc2)cc2nc(-c3cccc(Br)c3)oc12. The number of rotatable bonds is 2. The highest BCUT2D eigenvalue weighted by molar-refractivity contribution is 9.10. The number of hydrogen-bond donors (Lipinski definition) is 0. The summed E-state index contributed by atoms with van der Waals surface area (Å²) in [5.41, 5.74) is 4.84. The lowest BCUT2D eigenvalue weighted by molar-refractivity contribution is 0.617. The zero-order valence-electron chi connectivity index (χ0n) is 12.0. The second-order valence-electron chi connectivity index (χ2n) is 5.23. The van der Waals surface area contributed by atoms with Crippen molar-refractivity contribution >= 4 is 27.0 Å². The molecule has 2 aromatic carbocycles. The summed E-state index contributed by atoms with van der Waals surface area (Å²) >= 11 is 3.48. The normalized spacial score (nSPS) is 11.2. The third-order valence-corrected chi connectivity index (χ3v) is 4.13. The van der Waals surface area contributed by atoms with Gasteiger partial charge < -0.3 is 8.98 Å². The summed E-state index contributed by atoms with van der Waals surface area (Å²) in [5.74, 6) is 0.643. The fourth-order valence-electron chi connectivity index (χ4n) is 2.58. The van der Waals surface area contributed by atoms with Crippen molar-refractivity contribution in [1.82, 2.24) is 9.55 Å². The van der Waals surface area contributed by atoms with Crippen LogP contribution in [0.5, 0.6) is 0 Å². The highest BCUT2D eigenvalue weighted by Crippen LogP contribution is 2.29. The van der Waals surface area contributed by atoms with Crippen LogP contribution in [0.2, 0.25) is 0 Å². The third-order valence-electron chi connectivity index (χ3n) is 3.63. The topological polar surface area (TPSA) is 31.0 Å². The van der Waals surface area contributed by atoms with Gasteiger partial charge in [0.1, 0.15) is 5.52 Å². The number of hydrogen-bond acceptors (Lipinski definition) is 2. The zero-order valence-corrected chi connectivity index (χ0v) is 13.5. The first-order valence-corrected chi connectivity index (χ1v) is 7.80. The van der Waals surface area contributed by atoms with Crippen LogP contribution in [-0.4, -0.2) is 9.55 Å². The van der Waals surface area contributed by atoms with E-state index in [1.165, 1.54) is 0 Å². The molecule has 2 aromatic heterocycles. The van der Waals surface area contributed by atoms with Crippen LogP contribution in [0.3, 0.4) is 0 Å². The van der Waals surface area contributed by atoms with Crippen LogP contribution in [-0.2, 0) is 0 Å². The Morgan fingerprint density at radius 3 is 2.64 bits per heavy atom. The summed E-state index contributed by atoms with van der Waals surface area (Å²) in [6, 6.07) is 16.1. The quantitative estimate of drug-likeness (QED) is 0.486. The van der Waals surface area contributed by atoms with Crippen LogP contribution in [0.15, 0.2) is 69.8 Å². The average Bonchev–Trinajstić information content (AvgIpc) is 3.16. The van der Waals surface area contributed by atoms with E-state index in [-0.39, 0.29) is 0 Å². The zero-order chi connectivity index (χ0) is 15.1. The van der Waals surface area contributed by atoms with Crippen molar-refractivity contribution in [2.24, 2.45) is 0 Å². The number of benzene rings is 2. The summed E-state index contributed by atoms with van der Waals surface area (Å²) < 4.78 is 9.05. The minimum Gasteiger partial charge on any atom is -0.436 e. The Labute approximate surface area is 136 Å². The maximum Gasteiger partial charge on any atom is 0.227 e. The molecule has 0 unspecified atom stereocenters. The Hall–Kier alpha value is -2.33. The lowest BCUT2D eigenvalue weighted by Crippen LogP contribution is -1.90. The van der Waals surface area contributed by atoms with Gasteiger partial charge in [-0.2, -0.15) is 0 Å². The van der Waals surface area contributed by atoms with Crippen LogP contribution >= 0.6 is 15.9 Å². The van der Waals surface area contributed by atoms with Crippen LogP contribution in [0.4, 0.5) is 0 Å². The van der Waals surface area contributed by atoms with Crippen LogP contribution in [0.1, 0.15) is 5.56 Å². The monoisotopic (exact) mass is 352 g/mol. The standard InChI is InChI=1S/C18H13BrN2O/c1-12-9-15(21-7-2-3-8-21)11-16-17(12)22-18(20-16)13-5-4-6-14(19)10-13/h2-11H,1H3. The maximum atomic E-state index is 5.97. The molecule has 0 N–H and O–H groups in total. The fraction of sp³-hybridized carbons (Fsp3) is 0.0556. The molecule has 3 nitrogen and oxygen atoms in total. The molecular weight excluding hydrogens is 340 g/mol. The van der Waals surface area contributed by atoms with Crippen molar-refractivity contribution < 1.29 is 4.42 Å². The van der Waals surface area contributed by atoms with Gasteiger partial charge in [0.15, 0.2) is 5.58 Å². The van der Waals surface area contributed by atoms with Gasteiger partial charge in [-0.05, 0) is 55.0 Å². The summed E-state index contributed by atoms with van der Waals surface area (Å²) in [4.78, 5) is 4.65. The number of halogens is 1. The predicted octanol–water partition coefficient (Wildman–Crippen LogP) is 5.36. The van der Waals surface area contributed by atoms with Crippen LogP contribution < -0.4 is 0 Å². The Bertz CT molecular complexity index is 955. The maximum absolute atomic E-state index is 5.97. The molecule has 0 amide bonds. The lowest BCUT2D eigenvalue weighted by Gasteiger charge is -2.03. The second-order valence-corrected chi connectivity index (χ2v) is 6.15. The number of aryl methyl sites for hydroxylation is 1. The number of aromatic nitrogens is 2. The number of nitrogens with zero attached hydrogens (tertiary/aromatic N) is 2. The van der Waals surface area contributed by atoms with Crippen LogP contribution in [0, 0.1) is 6.92 Å². The van der Waals surface area contributed by atoms with E-state index in [1.54, 1.807) is 0 Å². The molecule has 0 saturated carbocycles. The molecule has 0 aliphatic heterocycles. The van der Waals surface area contributed by atoms with Crippen LogP contribution in [0.25, 0.3) is 28.2 Å². The van der Waals surface area contributed by atoms with Gasteiger partial charge in [0, 0.05) is 28.1 Å². The summed E-state index contributed by atoms with van der Waals surface area (Å²) in [6.45, 7) is 2.05. The third kappa shape index (κ3) is 2.25. The van der Waals surface area contributed by atoms with E-state index in [4.69, 9.17) is 4.42 Å². The van der Waals surface area contributed by atoms with E-state index >= 15 is 0 Å². The van der Waals surface area contributed by atoms with E-state index in [0.29, 0.717) is 5.89 Å². The summed E-state index contributed by atoms with van der Waals surface area (Å²) in [6.07, 6.45) is 4.05. The van der Waals surface area contributed by atoms with Gasteiger partial charge in [-0.15, -0.1) is 0 Å². The van der Waals surface area contributed by atoms with Crippen molar-refractivity contribution in [3.05, 3.63) is 71.0 Å². The van der Waals surface area contributed by atoms with Crippen molar-refractivity contribution in [2.75, 3.05) is 0 Å². The van der Waals surface area contributed by atoms with E-state index in [9.17, 15) is 0 Å². The van der Waals surface area contributed by atoms with Crippen molar-refractivity contribution in [1.29, 1.82) is 0 Å². The van der Waals surface area contributed by atoms with Gasteiger partial charge >= 0.3 is 0 Å². The average molecular weight is 353 g/mol. The highest BCUT2D eigenvalue weighted by atomic mass is 79.9. The largest absolute Gasteiger partial charge is 0.436 e. The Kier molecular flexibility index (Phi) is 3.12. The predicted molar refractivity (Wildman–Crippen MR) is 91.2 cm³/mol. The smallest absolute Gasteiger partial charge is 0.227 e. The second kappa shape index (κ2) is 5.14. The summed E-state index contributed by atoms with van der Waals surface area (Å²) in [7, 11) is 0.